The lowest BCUT2D eigenvalue weighted by Crippen LogP contribution is -2.65. The molecule has 1 atom stereocenters. The number of anilines is 1. The molecule has 0 unspecified atom stereocenters. The Morgan fingerprint density at radius 1 is 1.29 bits per heavy atom. The van der Waals surface area contributed by atoms with Crippen molar-refractivity contribution in [1.29, 1.82) is 0 Å². The minimum absolute atomic E-state index is 0.00940. The number of esters is 1. The van der Waals surface area contributed by atoms with Crippen molar-refractivity contribution in [2.45, 2.75) is 57.7 Å². The number of halogens is 1. The summed E-state index contributed by atoms with van der Waals surface area (Å²) in [6.07, 6.45) is 3.85. The predicted molar refractivity (Wildman–Crippen MR) is 110 cm³/mol. The van der Waals surface area contributed by atoms with Gasteiger partial charge in [0.1, 0.15) is 17.1 Å². The molecule has 2 amide bonds. The van der Waals surface area contributed by atoms with Gasteiger partial charge in [-0.2, -0.15) is 5.10 Å². The summed E-state index contributed by atoms with van der Waals surface area (Å²) in [5.41, 5.74) is -0.971. The standard InChI is InChI=1S/C22H25FN4O4/c1-3-31-20(29)17-12-18-19(28)27(16-10-6-7-14(23)11-16)22(2,13-26(18)25-17)21(30)24-15-8-4-5-9-15/h6-7,10-12,15H,3-5,8-9,13H2,1-2H3,(H,24,30)/t22-/m1/s1. The van der Waals surface area contributed by atoms with Gasteiger partial charge in [-0.1, -0.05) is 18.9 Å². The lowest BCUT2D eigenvalue weighted by atomic mass is 9.93. The lowest BCUT2D eigenvalue weighted by Gasteiger charge is -2.43. The number of fused-ring (bicyclic) bond motifs is 1. The first-order valence-corrected chi connectivity index (χ1v) is 10.5. The van der Waals surface area contributed by atoms with Gasteiger partial charge in [0.05, 0.1) is 13.2 Å². The number of hydrogen-bond donors (Lipinski definition) is 1. The Bertz CT molecular complexity index is 1030. The maximum absolute atomic E-state index is 14.0. The van der Waals surface area contributed by atoms with E-state index in [9.17, 15) is 18.8 Å². The topological polar surface area (TPSA) is 93.5 Å². The maximum Gasteiger partial charge on any atom is 0.358 e. The van der Waals surface area contributed by atoms with E-state index >= 15 is 0 Å². The highest BCUT2D eigenvalue weighted by Gasteiger charge is 2.49. The van der Waals surface area contributed by atoms with Gasteiger partial charge in [0.25, 0.3) is 5.91 Å². The van der Waals surface area contributed by atoms with Crippen LogP contribution in [-0.4, -0.2) is 45.8 Å². The maximum atomic E-state index is 14.0. The second-order valence-corrected chi connectivity index (χ2v) is 8.14. The van der Waals surface area contributed by atoms with Crippen LogP contribution in [0.2, 0.25) is 0 Å². The van der Waals surface area contributed by atoms with E-state index in [2.05, 4.69) is 10.4 Å². The Morgan fingerprint density at radius 2 is 2.03 bits per heavy atom. The molecule has 1 saturated carbocycles. The van der Waals surface area contributed by atoms with Crippen LogP contribution >= 0.6 is 0 Å². The monoisotopic (exact) mass is 428 g/mol. The number of nitrogens with one attached hydrogen (secondary N) is 1. The van der Waals surface area contributed by atoms with Crippen LogP contribution in [-0.2, 0) is 16.1 Å². The van der Waals surface area contributed by atoms with Gasteiger partial charge in [0, 0.05) is 17.8 Å². The molecule has 0 bridgehead atoms. The molecular weight excluding hydrogens is 403 g/mol. The SMILES string of the molecule is CCOC(=O)c1cc2n(n1)C[C@](C)(C(=O)NC1CCCC1)N(c1cccc(F)c1)C2=O. The van der Waals surface area contributed by atoms with E-state index in [0.29, 0.717) is 0 Å². The summed E-state index contributed by atoms with van der Waals surface area (Å²) in [7, 11) is 0. The van der Waals surface area contributed by atoms with E-state index in [1.165, 1.54) is 33.8 Å². The fourth-order valence-corrected chi connectivity index (χ4v) is 4.32. The van der Waals surface area contributed by atoms with Gasteiger partial charge in [0.2, 0.25) is 5.91 Å². The summed E-state index contributed by atoms with van der Waals surface area (Å²) in [4.78, 5) is 40.3. The normalized spacial score (nSPS) is 21.1. The highest BCUT2D eigenvalue weighted by molar-refractivity contribution is 6.12. The van der Waals surface area contributed by atoms with Crippen molar-refractivity contribution in [2.75, 3.05) is 11.5 Å². The van der Waals surface area contributed by atoms with E-state index in [1.807, 2.05) is 0 Å². The summed E-state index contributed by atoms with van der Waals surface area (Å²) < 4.78 is 20.4. The molecule has 0 spiro atoms. The number of rotatable bonds is 5. The Morgan fingerprint density at radius 3 is 2.71 bits per heavy atom. The second kappa shape index (κ2) is 8.13. The molecule has 1 aromatic carbocycles. The van der Waals surface area contributed by atoms with Gasteiger partial charge in [-0.15, -0.1) is 0 Å². The molecule has 1 aliphatic heterocycles. The number of hydrogen-bond acceptors (Lipinski definition) is 5. The number of nitrogens with zero attached hydrogens (tertiary/aromatic N) is 3. The van der Waals surface area contributed by atoms with Gasteiger partial charge < -0.3 is 10.1 Å². The zero-order valence-corrected chi connectivity index (χ0v) is 17.6. The Labute approximate surface area is 179 Å². The lowest BCUT2D eigenvalue weighted by molar-refractivity contribution is -0.127. The highest BCUT2D eigenvalue weighted by Crippen LogP contribution is 2.33. The van der Waals surface area contributed by atoms with E-state index in [1.54, 1.807) is 19.9 Å². The van der Waals surface area contributed by atoms with Gasteiger partial charge in [-0.05, 0) is 44.9 Å². The Balaban J connectivity index is 1.76. The number of amides is 2. The summed E-state index contributed by atoms with van der Waals surface area (Å²) in [5.74, 6) is -2.04. The van der Waals surface area contributed by atoms with Crippen LogP contribution in [0.3, 0.4) is 0 Å². The van der Waals surface area contributed by atoms with Crippen LogP contribution < -0.4 is 10.2 Å². The average Bonchev–Trinajstić information content (AvgIpc) is 3.38. The zero-order chi connectivity index (χ0) is 22.2. The average molecular weight is 428 g/mol. The molecule has 31 heavy (non-hydrogen) atoms. The molecule has 164 valence electrons. The molecule has 0 saturated heterocycles. The first-order chi connectivity index (χ1) is 14.8. The van der Waals surface area contributed by atoms with Crippen LogP contribution in [0.25, 0.3) is 0 Å². The molecule has 8 nitrogen and oxygen atoms in total. The first kappa shape index (κ1) is 21.0. The Kier molecular flexibility index (Phi) is 5.51. The second-order valence-electron chi connectivity index (χ2n) is 8.14. The van der Waals surface area contributed by atoms with E-state index < -0.39 is 23.2 Å². The van der Waals surface area contributed by atoms with Crippen LogP contribution in [0.4, 0.5) is 10.1 Å². The van der Waals surface area contributed by atoms with Crippen LogP contribution in [0.15, 0.2) is 30.3 Å². The third-order valence-electron chi connectivity index (χ3n) is 5.88. The number of carbonyl (C=O) groups is 3. The molecular formula is C22H25FN4O4. The number of ether oxygens (including phenoxy) is 1. The molecule has 1 N–H and O–H groups in total. The largest absolute Gasteiger partial charge is 0.461 e. The number of aromatic nitrogens is 2. The summed E-state index contributed by atoms with van der Waals surface area (Å²) in [6.45, 7) is 3.50. The summed E-state index contributed by atoms with van der Waals surface area (Å²) in [5, 5.41) is 7.26. The van der Waals surface area contributed by atoms with Crippen LogP contribution in [0.1, 0.15) is 60.5 Å². The van der Waals surface area contributed by atoms with Crippen molar-refractivity contribution in [3.05, 3.63) is 47.5 Å². The molecule has 2 heterocycles. The van der Waals surface area contributed by atoms with Crippen molar-refractivity contribution in [1.82, 2.24) is 15.1 Å². The quantitative estimate of drug-likeness (QED) is 0.739. The zero-order valence-electron chi connectivity index (χ0n) is 17.6. The van der Waals surface area contributed by atoms with Gasteiger partial charge in [-0.25, -0.2) is 9.18 Å². The number of benzene rings is 1. The molecule has 1 aromatic heterocycles. The van der Waals surface area contributed by atoms with Crippen molar-refractivity contribution in [3.63, 3.8) is 0 Å². The first-order valence-electron chi connectivity index (χ1n) is 10.5. The van der Waals surface area contributed by atoms with Crippen molar-refractivity contribution < 1.29 is 23.5 Å². The minimum Gasteiger partial charge on any atom is -0.461 e. The minimum atomic E-state index is -1.36. The highest BCUT2D eigenvalue weighted by atomic mass is 19.1. The van der Waals surface area contributed by atoms with Gasteiger partial charge >= 0.3 is 5.97 Å². The van der Waals surface area contributed by atoms with E-state index in [0.717, 1.165) is 25.7 Å². The summed E-state index contributed by atoms with van der Waals surface area (Å²) in [6, 6.07) is 6.96. The fourth-order valence-electron chi connectivity index (χ4n) is 4.32. The molecule has 2 aromatic rings. The van der Waals surface area contributed by atoms with Crippen LogP contribution in [0, 0.1) is 5.82 Å². The van der Waals surface area contributed by atoms with E-state index in [4.69, 9.17) is 4.74 Å². The summed E-state index contributed by atoms with van der Waals surface area (Å²) >= 11 is 0. The van der Waals surface area contributed by atoms with Crippen molar-refractivity contribution in [2.24, 2.45) is 0 Å². The third-order valence-corrected chi connectivity index (χ3v) is 5.88. The van der Waals surface area contributed by atoms with Crippen LogP contribution in [0.5, 0.6) is 0 Å². The molecule has 4 rings (SSSR count). The molecule has 1 aliphatic carbocycles. The number of carbonyl (C=O) groups excluding carboxylic acids is 3. The fraction of sp³-hybridized carbons (Fsp3) is 0.455. The Hall–Kier alpha value is -3.23. The van der Waals surface area contributed by atoms with Gasteiger partial charge in [0.15, 0.2) is 5.69 Å². The third kappa shape index (κ3) is 3.80. The molecule has 9 heteroatoms. The predicted octanol–water partition coefficient (Wildman–Crippen LogP) is 2.68. The van der Waals surface area contributed by atoms with E-state index in [-0.39, 0.29) is 42.2 Å². The van der Waals surface area contributed by atoms with Gasteiger partial charge in [-0.3, -0.25) is 19.2 Å². The smallest absolute Gasteiger partial charge is 0.358 e. The molecule has 1 fully saturated rings. The molecule has 2 aliphatic rings. The van der Waals surface area contributed by atoms with Crippen molar-refractivity contribution in [3.8, 4) is 0 Å². The molecule has 0 radical (unpaired) electrons. The van der Waals surface area contributed by atoms with Crippen molar-refractivity contribution >= 4 is 23.5 Å².